The Bertz CT molecular complexity index is 4010. The third-order valence-electron chi connectivity index (χ3n) is 22.7. The fraction of sp³-hybridized carbons (Fsp3) is 0.360. The summed E-state index contributed by atoms with van der Waals surface area (Å²) in [4.78, 5) is 145. The Kier molecular flexibility index (Phi) is 13.1. The summed E-state index contributed by atoms with van der Waals surface area (Å²) >= 11 is 0. The van der Waals surface area contributed by atoms with Crippen molar-refractivity contribution in [3.05, 3.63) is 209 Å². The van der Waals surface area contributed by atoms with Crippen molar-refractivity contribution in [2.45, 2.75) is 154 Å². The Labute approximate surface area is 537 Å². The van der Waals surface area contributed by atoms with Crippen molar-refractivity contribution in [1.29, 1.82) is 0 Å². The number of carbonyl (C=O) groups is 9. The lowest BCUT2D eigenvalue weighted by Crippen LogP contribution is -2.32. The van der Waals surface area contributed by atoms with Crippen LogP contribution >= 0.6 is 0 Å². The number of amides is 9. The summed E-state index contributed by atoms with van der Waals surface area (Å²) in [5, 5.41) is 8.81. The van der Waals surface area contributed by atoms with Gasteiger partial charge in [-0.15, -0.1) is 0 Å². The zero-order valence-corrected chi connectivity index (χ0v) is 53.2. The lowest BCUT2D eigenvalue weighted by molar-refractivity contribution is -0.120. The number of nitrogens with one attached hydrogen (secondary N) is 3. The second-order valence-electron chi connectivity index (χ2n) is 27.5. The first-order valence-electron chi connectivity index (χ1n) is 32.9. The maximum atomic E-state index is 14.8. The van der Waals surface area contributed by atoms with Crippen LogP contribution in [-0.4, -0.2) is 82.8 Å². The van der Waals surface area contributed by atoms with E-state index >= 15 is 0 Å². The number of imide groups is 3. The molecule has 3 aliphatic heterocycles. The first kappa shape index (κ1) is 58.3. The summed E-state index contributed by atoms with van der Waals surface area (Å²) in [6, 6.07) is 14.9. The number of hydrogen-bond donors (Lipinski definition) is 3. The minimum absolute atomic E-state index is 0.130. The third-order valence-corrected chi connectivity index (χ3v) is 22.7. The van der Waals surface area contributed by atoms with E-state index in [0.29, 0.717) is 86.4 Å². The van der Waals surface area contributed by atoms with Crippen molar-refractivity contribution in [1.82, 2.24) is 29.7 Å². The Morgan fingerprint density at radius 2 is 0.559 bits per heavy atom. The Hall–Kier alpha value is -9.84. The molecule has 6 heterocycles. The van der Waals surface area contributed by atoms with Crippen LogP contribution in [0, 0.1) is 17.8 Å². The highest BCUT2D eigenvalue weighted by Crippen LogP contribution is 2.72. The van der Waals surface area contributed by atoms with Crippen LogP contribution in [0.2, 0.25) is 0 Å². The second-order valence-corrected chi connectivity index (χ2v) is 27.5. The van der Waals surface area contributed by atoms with Crippen molar-refractivity contribution in [3.8, 4) is 0 Å². The smallest absolute Gasteiger partial charge is 0.262 e. The first-order valence-corrected chi connectivity index (χ1v) is 32.9. The van der Waals surface area contributed by atoms with E-state index < -0.39 is 53.6 Å². The molecule has 0 spiro atoms. The SMILES string of the molecule is CC[C@H](C)C(=O)Nc1cncc([C@H](C)N2C(=O)c3cc4c(cc3C2=O)[C@@H]2C[C@H]4c3c4c(c5c(c32)[C@@H]2C[C@H]5c3cc5c(cc32)C(=O)N([C@@H](C)c2cncc(NC(=O)[C@@H](C)CC)c2)C5=O)[C@@H]2C[C@H]4c3cc4c(cc32)C(=O)N([C@@H](C)c2cncc(NC(=O)[C@@H](C)CC)c2)C4=O)c1. The zero-order valence-electron chi connectivity index (χ0n) is 53.2. The molecule has 3 N–H and O–H groups in total. The van der Waals surface area contributed by atoms with E-state index in [0.717, 1.165) is 52.6 Å². The highest BCUT2D eigenvalue weighted by atomic mass is 16.2. The molecule has 0 saturated heterocycles. The van der Waals surface area contributed by atoms with Crippen molar-refractivity contribution in [2.75, 3.05) is 16.0 Å². The molecule has 0 fully saturated rings. The molecule has 7 aromatic rings. The monoisotopic (exact) mass is 1240 g/mol. The summed E-state index contributed by atoms with van der Waals surface area (Å²) < 4.78 is 0. The van der Waals surface area contributed by atoms with Gasteiger partial charge in [-0.1, -0.05) is 41.5 Å². The molecule has 9 aliphatic rings. The molecule has 6 aliphatic carbocycles. The first-order chi connectivity index (χ1) is 44.7. The van der Waals surface area contributed by atoms with Crippen molar-refractivity contribution in [2.24, 2.45) is 17.8 Å². The van der Waals surface area contributed by atoms with Gasteiger partial charge in [0.1, 0.15) is 0 Å². The summed E-state index contributed by atoms with van der Waals surface area (Å²) in [5.74, 6) is -4.30. The number of pyridine rings is 3. The minimum Gasteiger partial charge on any atom is -0.324 e. The summed E-state index contributed by atoms with van der Waals surface area (Å²) in [5.41, 5.74) is 18.7. The van der Waals surface area contributed by atoms with E-state index in [9.17, 15) is 43.2 Å². The summed E-state index contributed by atoms with van der Waals surface area (Å²) in [6.45, 7) is 16.8. The van der Waals surface area contributed by atoms with Crippen LogP contribution in [0.5, 0.6) is 0 Å². The van der Waals surface area contributed by atoms with E-state index in [-0.39, 0.29) is 71.0 Å². The van der Waals surface area contributed by atoms with E-state index in [1.54, 1.807) is 76.2 Å². The molecule has 3 aromatic heterocycles. The molecule has 468 valence electrons. The largest absolute Gasteiger partial charge is 0.324 e. The third kappa shape index (κ3) is 8.17. The molecular weight excluding hydrogens is 1170 g/mol. The van der Waals surface area contributed by atoms with Crippen LogP contribution in [0.1, 0.15) is 300 Å². The number of aromatic nitrogens is 3. The van der Waals surface area contributed by atoms with E-state index in [1.807, 2.05) is 77.9 Å². The number of anilines is 3. The lowest BCUT2D eigenvalue weighted by Gasteiger charge is -2.35. The van der Waals surface area contributed by atoms with Gasteiger partial charge in [0.15, 0.2) is 0 Å². The number of benzene rings is 4. The molecule has 0 unspecified atom stereocenters. The van der Waals surface area contributed by atoms with Crippen molar-refractivity contribution < 1.29 is 43.2 Å². The van der Waals surface area contributed by atoms with Gasteiger partial charge in [0.05, 0.1) is 87.2 Å². The average Bonchev–Trinajstić information content (AvgIpc) is 1.49. The second kappa shape index (κ2) is 20.8. The quantitative estimate of drug-likeness (QED) is 0.0813. The number of hydrogen-bond acceptors (Lipinski definition) is 12. The molecule has 0 radical (unpaired) electrons. The molecule has 6 bridgehead atoms. The Morgan fingerprint density at radius 3 is 0.753 bits per heavy atom. The van der Waals surface area contributed by atoms with Gasteiger partial charge < -0.3 is 16.0 Å². The molecule has 9 amide bonds. The average molecular weight is 1240 g/mol. The highest BCUT2D eigenvalue weighted by Gasteiger charge is 2.59. The van der Waals surface area contributed by atoms with Crippen LogP contribution in [0.3, 0.4) is 0 Å². The number of nitrogens with zero attached hydrogens (tertiary/aromatic N) is 6. The van der Waals surface area contributed by atoms with Crippen LogP contribution < -0.4 is 16.0 Å². The molecule has 4 aromatic carbocycles. The summed E-state index contributed by atoms with van der Waals surface area (Å²) in [6.07, 6.45) is 13.7. The predicted molar refractivity (Wildman–Crippen MR) is 344 cm³/mol. The highest BCUT2D eigenvalue weighted by molar-refractivity contribution is 6.24. The predicted octanol–water partition coefficient (Wildman–Crippen LogP) is 12.8. The van der Waals surface area contributed by atoms with Crippen molar-refractivity contribution in [3.63, 3.8) is 0 Å². The molecule has 18 nitrogen and oxygen atoms in total. The number of carbonyl (C=O) groups excluding carboxylic acids is 9. The van der Waals surface area contributed by atoms with Gasteiger partial charge in [-0.3, -0.25) is 72.8 Å². The summed E-state index contributed by atoms with van der Waals surface area (Å²) in [7, 11) is 0. The van der Waals surface area contributed by atoms with Gasteiger partial charge in [0.25, 0.3) is 35.4 Å². The zero-order chi connectivity index (χ0) is 64.8. The van der Waals surface area contributed by atoms with Gasteiger partial charge in [0, 0.05) is 71.9 Å². The van der Waals surface area contributed by atoms with Gasteiger partial charge in [-0.2, -0.15) is 0 Å². The fourth-order valence-corrected chi connectivity index (χ4v) is 17.2. The van der Waals surface area contributed by atoms with Crippen LogP contribution in [0.15, 0.2) is 91.8 Å². The maximum Gasteiger partial charge on any atom is 0.262 e. The van der Waals surface area contributed by atoms with Crippen LogP contribution in [0.25, 0.3) is 0 Å². The molecule has 0 saturated carbocycles. The minimum atomic E-state index is -0.710. The van der Waals surface area contributed by atoms with E-state index in [2.05, 4.69) is 30.9 Å². The van der Waals surface area contributed by atoms with Crippen LogP contribution in [-0.2, 0) is 14.4 Å². The lowest BCUT2D eigenvalue weighted by atomic mass is 9.68. The van der Waals surface area contributed by atoms with Gasteiger partial charge in [-0.05, 0) is 197 Å². The topological polar surface area (TPSA) is 238 Å². The molecule has 18 heteroatoms. The van der Waals surface area contributed by atoms with E-state index in [1.165, 1.54) is 48.1 Å². The Morgan fingerprint density at radius 1 is 0.355 bits per heavy atom. The van der Waals surface area contributed by atoms with Gasteiger partial charge in [0.2, 0.25) is 17.7 Å². The maximum absolute atomic E-state index is 14.8. The molecule has 16 rings (SSSR count). The van der Waals surface area contributed by atoms with Gasteiger partial charge in [-0.25, -0.2) is 0 Å². The fourth-order valence-electron chi connectivity index (χ4n) is 17.2. The van der Waals surface area contributed by atoms with Gasteiger partial charge >= 0.3 is 0 Å². The molecular formula is C75H69N9O9. The van der Waals surface area contributed by atoms with E-state index in [4.69, 9.17) is 0 Å². The normalized spacial score (nSPS) is 22.6. The van der Waals surface area contributed by atoms with Crippen LogP contribution in [0.4, 0.5) is 17.1 Å². The number of fused-ring (bicyclic) bond motifs is 30. The number of rotatable bonds is 15. The molecule has 93 heavy (non-hydrogen) atoms. The molecule has 12 atom stereocenters. The Balaban J connectivity index is 0.781. The van der Waals surface area contributed by atoms with Crippen molar-refractivity contribution >= 4 is 70.2 Å². The standard InChI is InChI=1S/C75H69N9O9/c1-10-31(4)67(85)79-40-13-37(25-76-28-40)34(7)82-70(88)55-16-43-44(17-56(55)71(82)89)50-22-49(43)61-62(50)64-52-24-54(48-21-60-58(19-46(48)52)73(91)84(75(60)93)36(9)39-15-42(30-78-27-39)81-69(87)33(6)12-3)66(64)65-53-23-51(63(61)65)45-18-57-59(20-47(45)53)74(92)83(72(57)90)35(8)38-14-41(29-77-26-38)80-68(86)32(5)11-2/h13-21,25-36,49-54H,10-12,22-24H2,1-9H3,(H,79,85)(H,80,86)(H,81,87)/t31-,32-,33-,34-,35-,36-,49-,50+,51+,52-,53-,54+/m0/s1.